The van der Waals surface area contributed by atoms with Crippen LogP contribution in [-0.4, -0.2) is 23.0 Å². The molecular weight excluding hydrogens is 355 g/mol. The Bertz CT molecular complexity index is 890. The molecule has 0 aliphatic heterocycles. The van der Waals surface area contributed by atoms with Gasteiger partial charge in [0.05, 0.1) is 24.9 Å². The molecule has 142 valence electrons. The second kappa shape index (κ2) is 8.26. The van der Waals surface area contributed by atoms with Gasteiger partial charge in [0.25, 0.3) is 0 Å². The normalized spacial score (nSPS) is 11.6. The lowest BCUT2D eigenvalue weighted by Gasteiger charge is -2.13. The summed E-state index contributed by atoms with van der Waals surface area (Å²) in [6.45, 7) is 3.79. The molecule has 4 nitrogen and oxygen atoms in total. The summed E-state index contributed by atoms with van der Waals surface area (Å²) in [5, 5.41) is 7.40. The molecular formula is C20H20F3N3O. The van der Waals surface area contributed by atoms with E-state index < -0.39 is 11.7 Å². The molecule has 7 heteroatoms. The SMILES string of the molecule is CCOCCn1cc(-c2ccccc2Nc2cccc(C(F)(F)F)c2)cn1. The van der Waals surface area contributed by atoms with Gasteiger partial charge in [0, 0.05) is 35.3 Å². The average Bonchev–Trinajstić information content (AvgIpc) is 3.11. The quantitative estimate of drug-likeness (QED) is 0.566. The number of para-hydroxylation sites is 1. The maximum Gasteiger partial charge on any atom is 0.416 e. The Morgan fingerprint density at radius 3 is 2.70 bits per heavy atom. The zero-order valence-corrected chi connectivity index (χ0v) is 14.8. The van der Waals surface area contributed by atoms with Gasteiger partial charge >= 0.3 is 6.18 Å². The lowest BCUT2D eigenvalue weighted by Crippen LogP contribution is -2.05. The Kier molecular flexibility index (Phi) is 5.81. The minimum Gasteiger partial charge on any atom is -0.380 e. The second-order valence-electron chi connectivity index (χ2n) is 5.94. The standard InChI is InChI=1S/C20H20F3N3O/c1-2-27-11-10-26-14-15(13-24-26)18-8-3-4-9-19(18)25-17-7-5-6-16(12-17)20(21,22)23/h3-9,12-14,25H,2,10-11H2,1H3. The maximum atomic E-state index is 12.9. The predicted octanol–water partition coefficient (Wildman–Crippen LogP) is 5.35. The number of benzene rings is 2. The smallest absolute Gasteiger partial charge is 0.380 e. The number of aromatic nitrogens is 2. The minimum atomic E-state index is -4.38. The zero-order chi connectivity index (χ0) is 19.3. The fourth-order valence-corrected chi connectivity index (χ4v) is 2.70. The van der Waals surface area contributed by atoms with Gasteiger partial charge in [0.15, 0.2) is 0 Å². The predicted molar refractivity (Wildman–Crippen MR) is 98.9 cm³/mol. The van der Waals surface area contributed by atoms with E-state index in [-0.39, 0.29) is 0 Å². The lowest BCUT2D eigenvalue weighted by molar-refractivity contribution is -0.137. The van der Waals surface area contributed by atoms with Gasteiger partial charge in [0.2, 0.25) is 0 Å². The van der Waals surface area contributed by atoms with E-state index in [9.17, 15) is 13.2 Å². The molecule has 0 unspecified atom stereocenters. The fourth-order valence-electron chi connectivity index (χ4n) is 2.70. The highest BCUT2D eigenvalue weighted by molar-refractivity contribution is 5.80. The van der Waals surface area contributed by atoms with E-state index in [1.165, 1.54) is 6.07 Å². The van der Waals surface area contributed by atoms with Crippen molar-refractivity contribution < 1.29 is 17.9 Å². The van der Waals surface area contributed by atoms with Gasteiger partial charge in [-0.1, -0.05) is 24.3 Å². The Morgan fingerprint density at radius 2 is 1.93 bits per heavy atom. The van der Waals surface area contributed by atoms with Crippen LogP contribution in [0.3, 0.4) is 0 Å². The molecule has 0 atom stereocenters. The lowest BCUT2D eigenvalue weighted by atomic mass is 10.1. The second-order valence-corrected chi connectivity index (χ2v) is 5.94. The first-order valence-electron chi connectivity index (χ1n) is 8.61. The van der Waals surface area contributed by atoms with E-state index in [1.807, 2.05) is 37.4 Å². The van der Waals surface area contributed by atoms with E-state index in [4.69, 9.17) is 4.74 Å². The summed E-state index contributed by atoms with van der Waals surface area (Å²) in [6.07, 6.45) is -0.747. The summed E-state index contributed by atoms with van der Waals surface area (Å²) in [6, 6.07) is 12.6. The molecule has 0 bridgehead atoms. The molecule has 0 radical (unpaired) electrons. The van der Waals surface area contributed by atoms with Crippen LogP contribution in [0.1, 0.15) is 12.5 Å². The number of nitrogens with one attached hydrogen (secondary N) is 1. The number of halogens is 3. The van der Waals surface area contributed by atoms with Gasteiger partial charge in [-0.05, 0) is 31.2 Å². The molecule has 1 N–H and O–H groups in total. The molecule has 0 saturated carbocycles. The van der Waals surface area contributed by atoms with Gasteiger partial charge in [-0.15, -0.1) is 0 Å². The van der Waals surface area contributed by atoms with Crippen molar-refractivity contribution in [2.24, 2.45) is 0 Å². The van der Waals surface area contributed by atoms with Crippen molar-refractivity contribution in [3.8, 4) is 11.1 Å². The fraction of sp³-hybridized carbons (Fsp3) is 0.250. The Morgan fingerprint density at radius 1 is 1.11 bits per heavy atom. The first-order valence-corrected chi connectivity index (χ1v) is 8.61. The number of rotatable bonds is 7. The number of nitrogens with zero attached hydrogens (tertiary/aromatic N) is 2. The van der Waals surface area contributed by atoms with Gasteiger partial charge in [-0.25, -0.2) is 0 Å². The van der Waals surface area contributed by atoms with E-state index in [0.717, 1.165) is 23.3 Å². The molecule has 0 aliphatic rings. The van der Waals surface area contributed by atoms with Crippen LogP contribution in [0.5, 0.6) is 0 Å². The van der Waals surface area contributed by atoms with Crippen LogP contribution in [0.25, 0.3) is 11.1 Å². The molecule has 0 aliphatic carbocycles. The molecule has 3 rings (SSSR count). The highest BCUT2D eigenvalue weighted by atomic mass is 19.4. The van der Waals surface area contributed by atoms with Crippen LogP contribution in [-0.2, 0) is 17.5 Å². The summed E-state index contributed by atoms with van der Waals surface area (Å²) in [5.74, 6) is 0. The summed E-state index contributed by atoms with van der Waals surface area (Å²) in [4.78, 5) is 0. The summed E-state index contributed by atoms with van der Waals surface area (Å²) < 4.78 is 45.9. The molecule has 27 heavy (non-hydrogen) atoms. The highest BCUT2D eigenvalue weighted by Gasteiger charge is 2.30. The monoisotopic (exact) mass is 375 g/mol. The van der Waals surface area contributed by atoms with E-state index in [2.05, 4.69) is 10.4 Å². The summed E-state index contributed by atoms with van der Waals surface area (Å²) in [7, 11) is 0. The summed E-state index contributed by atoms with van der Waals surface area (Å²) in [5.41, 5.74) is 2.13. The minimum absolute atomic E-state index is 0.376. The van der Waals surface area contributed by atoms with Gasteiger partial charge < -0.3 is 10.1 Å². The van der Waals surface area contributed by atoms with Crippen LogP contribution in [0.2, 0.25) is 0 Å². The van der Waals surface area contributed by atoms with Crippen LogP contribution >= 0.6 is 0 Å². The molecule has 2 aromatic carbocycles. The molecule has 0 spiro atoms. The van der Waals surface area contributed by atoms with Crippen LogP contribution < -0.4 is 5.32 Å². The van der Waals surface area contributed by atoms with Gasteiger partial charge in [0.1, 0.15) is 0 Å². The largest absolute Gasteiger partial charge is 0.416 e. The van der Waals surface area contributed by atoms with Crippen molar-refractivity contribution in [3.63, 3.8) is 0 Å². The van der Waals surface area contributed by atoms with E-state index in [0.29, 0.717) is 31.1 Å². The Balaban J connectivity index is 1.83. The summed E-state index contributed by atoms with van der Waals surface area (Å²) >= 11 is 0. The zero-order valence-electron chi connectivity index (χ0n) is 14.8. The molecule has 0 fully saturated rings. The molecule has 1 heterocycles. The van der Waals surface area contributed by atoms with Crippen molar-refractivity contribution in [1.82, 2.24) is 9.78 Å². The van der Waals surface area contributed by atoms with Crippen molar-refractivity contribution in [2.75, 3.05) is 18.5 Å². The van der Waals surface area contributed by atoms with Crippen molar-refractivity contribution in [3.05, 3.63) is 66.5 Å². The third-order valence-electron chi connectivity index (χ3n) is 4.01. The Labute approximate surface area is 155 Å². The van der Waals surface area contributed by atoms with E-state index >= 15 is 0 Å². The average molecular weight is 375 g/mol. The van der Waals surface area contributed by atoms with E-state index in [1.54, 1.807) is 16.9 Å². The van der Waals surface area contributed by atoms with Crippen LogP contribution in [0, 0.1) is 0 Å². The number of hydrogen-bond acceptors (Lipinski definition) is 3. The van der Waals surface area contributed by atoms with Crippen molar-refractivity contribution >= 4 is 11.4 Å². The van der Waals surface area contributed by atoms with Crippen LogP contribution in [0.4, 0.5) is 24.5 Å². The van der Waals surface area contributed by atoms with Gasteiger partial charge in [-0.2, -0.15) is 18.3 Å². The van der Waals surface area contributed by atoms with Gasteiger partial charge in [-0.3, -0.25) is 4.68 Å². The number of anilines is 2. The van der Waals surface area contributed by atoms with Crippen molar-refractivity contribution in [2.45, 2.75) is 19.6 Å². The van der Waals surface area contributed by atoms with Crippen LogP contribution in [0.15, 0.2) is 60.9 Å². The number of hydrogen-bond donors (Lipinski definition) is 1. The number of ether oxygens (including phenoxy) is 1. The maximum absolute atomic E-state index is 12.9. The first-order chi connectivity index (χ1) is 13.0. The molecule has 0 amide bonds. The molecule has 1 aromatic heterocycles. The molecule has 3 aromatic rings. The highest BCUT2D eigenvalue weighted by Crippen LogP contribution is 2.33. The third-order valence-corrected chi connectivity index (χ3v) is 4.01. The molecule has 0 saturated heterocycles. The van der Waals surface area contributed by atoms with Crippen molar-refractivity contribution in [1.29, 1.82) is 0 Å². The third kappa shape index (κ3) is 4.89. The topological polar surface area (TPSA) is 39.1 Å². The number of alkyl halides is 3. The Hall–Kier alpha value is -2.80. The first kappa shape index (κ1) is 19.0.